The molecule has 0 saturated carbocycles. The monoisotopic (exact) mass is 361 g/mol. The van der Waals surface area contributed by atoms with Crippen LogP contribution in [0.5, 0.6) is 0 Å². The highest BCUT2D eigenvalue weighted by molar-refractivity contribution is 9.10. The fraction of sp³-hybridized carbons (Fsp3) is 0.333. The molecule has 21 heavy (non-hydrogen) atoms. The quantitative estimate of drug-likeness (QED) is 0.727. The summed E-state index contributed by atoms with van der Waals surface area (Å²) < 4.78 is 1.17. The van der Waals surface area contributed by atoms with Gasteiger partial charge in [-0.15, -0.1) is 0 Å². The lowest BCUT2D eigenvalue weighted by atomic mass is 9.97. The van der Waals surface area contributed by atoms with E-state index in [2.05, 4.69) is 83.2 Å². The molecule has 0 aromatic heterocycles. The molecule has 1 unspecified atom stereocenters. The lowest BCUT2D eigenvalue weighted by molar-refractivity contribution is 0.188. The number of halogens is 1. The van der Waals surface area contributed by atoms with E-state index < -0.39 is 0 Å². The predicted octanol–water partition coefficient (Wildman–Crippen LogP) is 5.29. The summed E-state index contributed by atoms with van der Waals surface area (Å²) in [6, 6.07) is 17.6. The molecule has 0 radical (unpaired) electrons. The van der Waals surface area contributed by atoms with E-state index in [1.165, 1.54) is 20.5 Å². The van der Waals surface area contributed by atoms with Crippen molar-refractivity contribution in [3.8, 4) is 0 Å². The summed E-state index contributed by atoms with van der Waals surface area (Å²) in [5.41, 5.74) is 2.86. The summed E-state index contributed by atoms with van der Waals surface area (Å²) >= 11 is 5.61. The van der Waals surface area contributed by atoms with Crippen LogP contribution in [0.4, 0.5) is 0 Å². The Morgan fingerprint density at radius 2 is 1.81 bits per heavy atom. The van der Waals surface area contributed by atoms with Crippen LogP contribution in [0.1, 0.15) is 25.0 Å². The topological polar surface area (TPSA) is 3.24 Å². The highest BCUT2D eigenvalue weighted by Crippen LogP contribution is 2.53. The number of likely N-dealkylation sites (N-methyl/N-ethyl adjacent to an activating group) is 1. The maximum Gasteiger partial charge on any atom is 0.101 e. The molecule has 1 aliphatic rings. The van der Waals surface area contributed by atoms with Crippen LogP contribution in [0.25, 0.3) is 0 Å². The molecule has 3 heteroatoms. The average Bonchev–Trinajstić information content (AvgIpc) is 2.89. The predicted molar refractivity (Wildman–Crippen MR) is 94.7 cm³/mol. The van der Waals surface area contributed by atoms with Gasteiger partial charge in [0.2, 0.25) is 0 Å². The van der Waals surface area contributed by atoms with E-state index in [0.717, 1.165) is 19.5 Å². The maximum absolute atomic E-state index is 3.61. The third-order valence-electron chi connectivity index (χ3n) is 4.23. The lowest BCUT2D eigenvalue weighted by Crippen LogP contribution is -2.43. The van der Waals surface area contributed by atoms with Gasteiger partial charge in [-0.3, -0.25) is 4.90 Å². The molecule has 0 fully saturated rings. The van der Waals surface area contributed by atoms with E-state index in [9.17, 15) is 0 Å². The molecule has 110 valence electrons. The first kappa shape index (κ1) is 15.1. The Balaban J connectivity index is 2.09. The van der Waals surface area contributed by atoms with Crippen LogP contribution in [0.2, 0.25) is 0 Å². The van der Waals surface area contributed by atoms with Gasteiger partial charge in [-0.1, -0.05) is 71.9 Å². The van der Waals surface area contributed by atoms with Crippen molar-refractivity contribution in [2.24, 2.45) is 0 Å². The Labute approximate surface area is 139 Å². The zero-order valence-corrected chi connectivity index (χ0v) is 14.9. The molecule has 2 aromatic carbocycles. The second-order valence-corrected chi connectivity index (χ2v) is 7.59. The zero-order chi connectivity index (χ0) is 14.9. The molecular weight excluding hydrogens is 342 g/mol. The smallest absolute Gasteiger partial charge is 0.101 e. The van der Waals surface area contributed by atoms with E-state index in [1.807, 2.05) is 11.8 Å². The number of fused-ring (bicyclic) bond motifs is 1. The molecule has 0 amide bonds. The summed E-state index contributed by atoms with van der Waals surface area (Å²) in [4.78, 5) is 4.03. The lowest BCUT2D eigenvalue weighted by Gasteiger charge is -2.40. The highest BCUT2D eigenvalue weighted by atomic mass is 79.9. The van der Waals surface area contributed by atoms with Gasteiger partial charge in [-0.25, -0.2) is 0 Å². The second kappa shape index (κ2) is 6.15. The van der Waals surface area contributed by atoms with Gasteiger partial charge in [0.05, 0.1) is 0 Å². The third kappa shape index (κ3) is 2.67. The Morgan fingerprint density at radius 3 is 2.48 bits per heavy atom. The van der Waals surface area contributed by atoms with Crippen molar-refractivity contribution in [2.75, 3.05) is 13.1 Å². The molecule has 1 nitrogen and oxygen atoms in total. The fourth-order valence-electron chi connectivity index (χ4n) is 3.21. The largest absolute Gasteiger partial charge is 0.285 e. The number of benzene rings is 2. The van der Waals surface area contributed by atoms with Crippen molar-refractivity contribution in [3.63, 3.8) is 0 Å². The maximum atomic E-state index is 3.61. The van der Waals surface area contributed by atoms with E-state index in [4.69, 9.17) is 0 Å². The molecule has 1 aliphatic heterocycles. The molecule has 1 atom stereocenters. The summed E-state index contributed by atoms with van der Waals surface area (Å²) in [7, 11) is 0. The van der Waals surface area contributed by atoms with Gasteiger partial charge >= 0.3 is 0 Å². The van der Waals surface area contributed by atoms with Crippen LogP contribution in [0.15, 0.2) is 57.9 Å². The van der Waals surface area contributed by atoms with Crippen molar-refractivity contribution in [3.05, 3.63) is 64.1 Å². The number of rotatable bonds is 4. The van der Waals surface area contributed by atoms with E-state index in [-0.39, 0.29) is 4.87 Å². The van der Waals surface area contributed by atoms with Gasteiger partial charge in [0.1, 0.15) is 4.87 Å². The minimum atomic E-state index is 0.0356. The first-order valence-corrected chi connectivity index (χ1v) is 9.08. The Morgan fingerprint density at radius 1 is 1.10 bits per heavy atom. The average molecular weight is 362 g/mol. The molecule has 0 bridgehead atoms. The molecule has 0 saturated heterocycles. The van der Waals surface area contributed by atoms with Crippen molar-refractivity contribution in [1.82, 2.24) is 4.90 Å². The third-order valence-corrected chi connectivity index (χ3v) is 6.32. The van der Waals surface area contributed by atoms with Crippen LogP contribution >= 0.6 is 27.7 Å². The van der Waals surface area contributed by atoms with Crippen molar-refractivity contribution < 1.29 is 0 Å². The SMILES string of the molecule is CCN(CC)C1(c2ccccc2)Cc2cc(Br)ccc2S1. The number of hydrogen-bond acceptors (Lipinski definition) is 2. The van der Waals surface area contributed by atoms with Gasteiger partial charge < -0.3 is 0 Å². The Bertz CT molecular complexity index is 624. The highest BCUT2D eigenvalue weighted by Gasteiger charge is 2.43. The second-order valence-electron chi connectivity index (χ2n) is 5.35. The van der Waals surface area contributed by atoms with Gasteiger partial charge in [0.15, 0.2) is 0 Å². The van der Waals surface area contributed by atoms with Crippen LogP contribution in [0, 0.1) is 0 Å². The molecule has 2 aromatic rings. The van der Waals surface area contributed by atoms with Gasteiger partial charge in [-0.05, 0) is 42.4 Å². The molecule has 3 rings (SSSR count). The van der Waals surface area contributed by atoms with Crippen molar-refractivity contribution in [2.45, 2.75) is 30.0 Å². The summed E-state index contributed by atoms with van der Waals surface area (Å²) in [5.74, 6) is 0. The Hall–Kier alpha value is -0.770. The number of hydrogen-bond donors (Lipinski definition) is 0. The molecule has 0 N–H and O–H groups in total. The molecule has 1 heterocycles. The zero-order valence-electron chi connectivity index (χ0n) is 12.5. The summed E-state index contributed by atoms with van der Waals surface area (Å²) in [5, 5.41) is 0. The number of nitrogens with zero attached hydrogens (tertiary/aromatic N) is 1. The minimum Gasteiger partial charge on any atom is -0.285 e. The first-order valence-electron chi connectivity index (χ1n) is 7.47. The van der Waals surface area contributed by atoms with Crippen molar-refractivity contribution >= 4 is 27.7 Å². The van der Waals surface area contributed by atoms with Crippen LogP contribution in [-0.2, 0) is 11.3 Å². The van der Waals surface area contributed by atoms with Crippen LogP contribution in [0.3, 0.4) is 0 Å². The van der Waals surface area contributed by atoms with E-state index in [1.54, 1.807) is 0 Å². The minimum absolute atomic E-state index is 0.0356. The summed E-state index contributed by atoms with van der Waals surface area (Å²) in [6.07, 6.45) is 1.07. The van der Waals surface area contributed by atoms with Gasteiger partial charge in [-0.2, -0.15) is 0 Å². The Kier molecular flexibility index (Phi) is 4.43. The van der Waals surface area contributed by atoms with Crippen LogP contribution in [-0.4, -0.2) is 18.0 Å². The fourth-order valence-corrected chi connectivity index (χ4v) is 5.25. The molecule has 0 spiro atoms. The normalized spacial score (nSPS) is 20.8. The van der Waals surface area contributed by atoms with Crippen molar-refractivity contribution in [1.29, 1.82) is 0 Å². The van der Waals surface area contributed by atoms with Crippen LogP contribution < -0.4 is 0 Å². The van der Waals surface area contributed by atoms with Gasteiger partial charge in [0, 0.05) is 15.8 Å². The molecule has 0 aliphatic carbocycles. The molecular formula is C18H20BrNS. The van der Waals surface area contributed by atoms with E-state index in [0.29, 0.717) is 0 Å². The summed E-state index contributed by atoms with van der Waals surface area (Å²) in [6.45, 7) is 6.64. The first-order chi connectivity index (χ1) is 10.2. The standard InChI is InChI=1S/C18H20BrNS/c1-3-20(4-2)18(15-8-6-5-7-9-15)13-14-12-16(19)10-11-17(14)21-18/h5-12H,3-4,13H2,1-2H3. The van der Waals surface area contributed by atoms with Gasteiger partial charge in [0.25, 0.3) is 0 Å². The number of thioether (sulfide) groups is 1. The van der Waals surface area contributed by atoms with E-state index >= 15 is 0 Å².